The van der Waals surface area contributed by atoms with Gasteiger partial charge in [0.15, 0.2) is 0 Å². The Morgan fingerprint density at radius 2 is 0.977 bits per heavy atom. The van der Waals surface area contributed by atoms with Crippen LogP contribution in [0.4, 0.5) is 0 Å². The largest absolute Gasteiger partial charge is 1.00 e. The first-order valence-electron chi connectivity index (χ1n) is 14.6. The molecule has 0 fully saturated rings. The molecule has 2 aliphatic carbocycles. The molecule has 4 aromatic carbocycles. The van der Waals surface area contributed by atoms with Gasteiger partial charge in [-0.15, -0.1) is 0 Å². The minimum atomic E-state index is -1.52. The maximum Gasteiger partial charge on any atom is -1.00 e. The van der Waals surface area contributed by atoms with Gasteiger partial charge in [0.1, 0.15) is 0 Å². The number of allylic oxidation sites excluding steroid dienone is 2. The van der Waals surface area contributed by atoms with E-state index in [-0.39, 0.29) is 24.8 Å². The van der Waals surface area contributed by atoms with Crippen LogP contribution < -0.4 is 24.8 Å². The molecule has 2 aliphatic rings. The number of hydrogen-bond donors (Lipinski definition) is 0. The van der Waals surface area contributed by atoms with Gasteiger partial charge in [0.25, 0.3) is 0 Å². The van der Waals surface area contributed by atoms with E-state index < -0.39 is 22.9 Å². The molecular weight excluding hydrogens is 738 g/mol. The van der Waals surface area contributed by atoms with Crippen molar-refractivity contribution in [2.75, 3.05) is 0 Å². The van der Waals surface area contributed by atoms with E-state index in [1.54, 1.807) is 0 Å². The van der Waals surface area contributed by atoms with Crippen LogP contribution in [0.25, 0.3) is 44.8 Å². The summed E-state index contributed by atoms with van der Waals surface area (Å²) in [5.41, 5.74) is 8.41. The second kappa shape index (κ2) is 12.1. The van der Waals surface area contributed by atoms with Gasteiger partial charge in [-0.1, -0.05) is 0 Å². The number of hydrogen-bond acceptors (Lipinski definition) is 2. The molecule has 0 saturated carbocycles. The molecule has 2 nitrogen and oxygen atoms in total. The fourth-order valence-electron chi connectivity index (χ4n) is 6.66. The quantitative estimate of drug-likeness (QED) is 0.237. The van der Waals surface area contributed by atoms with Crippen molar-refractivity contribution in [2.24, 2.45) is 0 Å². The Hall–Kier alpha value is -3.11. The van der Waals surface area contributed by atoms with Crippen molar-refractivity contribution in [3.8, 4) is 0 Å². The van der Waals surface area contributed by atoms with Crippen molar-refractivity contribution in [2.45, 2.75) is 34.0 Å². The molecule has 0 saturated heterocycles. The Morgan fingerprint density at radius 3 is 1.40 bits per heavy atom. The number of furan rings is 2. The molecule has 2 heterocycles. The molecule has 0 spiro atoms. The van der Waals surface area contributed by atoms with Crippen LogP contribution in [0.2, 0.25) is 0 Å². The van der Waals surface area contributed by atoms with Crippen LogP contribution in [-0.4, -0.2) is 0 Å². The van der Waals surface area contributed by atoms with Crippen molar-refractivity contribution in [1.82, 2.24) is 0 Å². The molecule has 8 rings (SSSR count). The number of fused-ring (bicyclic) bond motifs is 6. The average Bonchev–Trinajstić information content (AvgIpc) is 3.82. The predicted octanol–water partition coefficient (Wildman–Crippen LogP) is 4.29. The van der Waals surface area contributed by atoms with Crippen LogP contribution in [-0.2, 0) is 35.7 Å². The molecule has 2 aromatic heterocycles. The van der Waals surface area contributed by atoms with Gasteiger partial charge >= 0.3 is 253 Å². The topological polar surface area (TPSA) is 26.3 Å². The minimum Gasteiger partial charge on any atom is -1.00 e. The van der Waals surface area contributed by atoms with Crippen molar-refractivity contribution in [1.29, 1.82) is 0 Å². The Balaban J connectivity index is 0.00000165. The molecule has 2 unspecified atom stereocenters. The average molecular weight is 768 g/mol. The SMILES string of the molecule is CCc1ccc(C2=Cc3c(ccc4ccccc34)[CH]2[Hf+2][CH]2C(c3ccc(CC)o3)=Cc3c2ccc2ccccc32)o1.[Cl-].[Cl-]. The smallest absolute Gasteiger partial charge is 1.00 e. The van der Waals surface area contributed by atoms with Gasteiger partial charge in [-0.05, 0) is 0 Å². The van der Waals surface area contributed by atoms with E-state index in [1.807, 2.05) is 0 Å². The molecule has 0 bridgehead atoms. The summed E-state index contributed by atoms with van der Waals surface area (Å²) < 4.78 is 13.7. The van der Waals surface area contributed by atoms with Gasteiger partial charge in [0.2, 0.25) is 0 Å². The number of aryl methyl sites for hydroxylation is 2. The molecule has 6 aromatic rings. The Labute approximate surface area is 276 Å². The van der Waals surface area contributed by atoms with Crippen LogP contribution in [0.15, 0.2) is 106 Å². The van der Waals surface area contributed by atoms with Crippen molar-refractivity contribution >= 4 is 44.8 Å². The monoisotopic (exact) mass is 768 g/mol. The van der Waals surface area contributed by atoms with Crippen LogP contribution in [0.5, 0.6) is 0 Å². The van der Waals surface area contributed by atoms with Crippen LogP contribution in [0, 0.1) is 0 Å². The third-order valence-corrected chi connectivity index (χ3v) is 15.6. The fourth-order valence-corrected chi connectivity index (χ4v) is 13.9. The van der Waals surface area contributed by atoms with E-state index in [0.29, 0.717) is 7.35 Å². The van der Waals surface area contributed by atoms with E-state index in [1.165, 1.54) is 54.9 Å². The second-order valence-corrected chi connectivity index (χ2v) is 16.4. The molecular formula is C38H30Cl2HfO2. The molecule has 0 radical (unpaired) electrons. The fraction of sp³-hybridized carbons (Fsp3) is 0.158. The summed E-state index contributed by atoms with van der Waals surface area (Å²) in [6, 6.07) is 35.7. The Bertz CT molecular complexity index is 1880. The summed E-state index contributed by atoms with van der Waals surface area (Å²) >= 11 is -1.52. The minimum absolute atomic E-state index is 0. The zero-order valence-electron chi connectivity index (χ0n) is 24.0. The molecule has 0 aliphatic heterocycles. The van der Waals surface area contributed by atoms with Crippen LogP contribution >= 0.6 is 0 Å². The van der Waals surface area contributed by atoms with Gasteiger partial charge in [0, 0.05) is 0 Å². The van der Waals surface area contributed by atoms with Crippen molar-refractivity contribution < 1.29 is 56.6 Å². The first-order valence-corrected chi connectivity index (χ1v) is 18.8. The summed E-state index contributed by atoms with van der Waals surface area (Å²) in [6.45, 7) is 4.32. The maximum atomic E-state index is 6.44. The first kappa shape index (κ1) is 29.9. The summed E-state index contributed by atoms with van der Waals surface area (Å²) in [5.74, 6) is 4.17. The third-order valence-electron chi connectivity index (χ3n) is 8.78. The van der Waals surface area contributed by atoms with Gasteiger partial charge in [-0.25, -0.2) is 0 Å². The zero-order chi connectivity index (χ0) is 27.5. The predicted molar refractivity (Wildman–Crippen MR) is 165 cm³/mol. The van der Waals surface area contributed by atoms with E-state index >= 15 is 0 Å². The maximum absolute atomic E-state index is 6.44. The molecule has 212 valence electrons. The van der Waals surface area contributed by atoms with E-state index in [9.17, 15) is 0 Å². The van der Waals surface area contributed by atoms with E-state index in [0.717, 1.165) is 35.9 Å². The number of rotatable bonds is 6. The molecule has 0 N–H and O–H groups in total. The zero-order valence-corrected chi connectivity index (χ0v) is 29.1. The summed E-state index contributed by atoms with van der Waals surface area (Å²) in [4.78, 5) is 0. The van der Waals surface area contributed by atoms with Crippen molar-refractivity contribution in [3.63, 3.8) is 0 Å². The Kier molecular flexibility index (Phi) is 8.43. The third kappa shape index (κ3) is 5.00. The number of halogens is 2. The van der Waals surface area contributed by atoms with Gasteiger partial charge < -0.3 is 24.8 Å². The van der Waals surface area contributed by atoms with Gasteiger partial charge in [0.05, 0.1) is 0 Å². The normalized spacial score (nSPS) is 16.6. The Morgan fingerprint density at radius 1 is 0.535 bits per heavy atom. The van der Waals surface area contributed by atoms with Crippen molar-refractivity contribution in [3.05, 3.63) is 142 Å². The first-order chi connectivity index (χ1) is 20.2. The summed E-state index contributed by atoms with van der Waals surface area (Å²) in [7, 11) is 0. The second-order valence-electron chi connectivity index (χ2n) is 11.1. The molecule has 5 heteroatoms. The van der Waals surface area contributed by atoms with E-state index in [2.05, 4.69) is 123 Å². The van der Waals surface area contributed by atoms with Crippen LogP contribution in [0.3, 0.4) is 0 Å². The molecule has 43 heavy (non-hydrogen) atoms. The standard InChI is InChI=1S/2C19H15O.2ClH.Hf/c2*1-2-16-9-10-19(20-16)15-11-14-8-7-13-5-3-4-6-17(13)18(14)12-15;;;/h2*3-12H,2H2,1H3;2*1H;/q;;;;+2/p-2. The summed E-state index contributed by atoms with van der Waals surface area (Å²) in [5, 5.41) is 5.27. The molecule has 0 amide bonds. The number of benzene rings is 4. The van der Waals surface area contributed by atoms with Gasteiger partial charge in [-0.2, -0.15) is 0 Å². The summed E-state index contributed by atoms with van der Waals surface area (Å²) in [6.07, 6.45) is 6.69. The van der Waals surface area contributed by atoms with E-state index in [4.69, 9.17) is 8.83 Å². The molecule has 2 atom stereocenters. The van der Waals surface area contributed by atoms with Crippen LogP contribution in [0.1, 0.15) is 66.5 Å². The van der Waals surface area contributed by atoms with Gasteiger partial charge in [-0.3, -0.25) is 0 Å².